The van der Waals surface area contributed by atoms with Gasteiger partial charge in [0.2, 0.25) is 0 Å². The number of nitro benzene ring substituents is 1. The Morgan fingerprint density at radius 3 is 2.62 bits per heavy atom. The van der Waals surface area contributed by atoms with Crippen LogP contribution in [0.15, 0.2) is 42.5 Å². The summed E-state index contributed by atoms with van der Waals surface area (Å²) in [5, 5.41) is 11.2. The van der Waals surface area contributed by atoms with Crippen LogP contribution in [-0.4, -0.2) is 46.9 Å². The minimum Gasteiger partial charge on any atom is -0.302 e. The van der Waals surface area contributed by atoms with E-state index in [1.807, 2.05) is 13.8 Å². The van der Waals surface area contributed by atoms with Gasteiger partial charge in [0.25, 0.3) is 11.6 Å². The molecule has 0 bridgehead atoms. The van der Waals surface area contributed by atoms with Gasteiger partial charge in [0.1, 0.15) is 11.3 Å². The molecule has 2 aromatic carbocycles. The van der Waals surface area contributed by atoms with Crippen LogP contribution in [-0.2, 0) is 4.79 Å². The number of hydrogen-bond acceptors (Lipinski definition) is 6. The van der Waals surface area contributed by atoms with Crippen molar-refractivity contribution in [3.8, 4) is 0 Å². The molecule has 1 heterocycles. The molecule has 0 aliphatic heterocycles. The fraction of sp³-hybridized carbons (Fsp3) is 0.273. The van der Waals surface area contributed by atoms with Gasteiger partial charge in [-0.2, -0.15) is 0 Å². The lowest BCUT2D eigenvalue weighted by Gasteiger charge is -2.23. The molecule has 0 aliphatic carbocycles. The Morgan fingerprint density at radius 2 is 1.94 bits per heavy atom. The van der Waals surface area contributed by atoms with Crippen molar-refractivity contribution in [1.82, 2.24) is 9.88 Å². The molecule has 1 amide bonds. The summed E-state index contributed by atoms with van der Waals surface area (Å²) in [5.74, 6) is -1.91. The fourth-order valence-electron chi connectivity index (χ4n) is 3.14. The monoisotopic (exact) mass is 460 g/mol. The van der Waals surface area contributed by atoms with Gasteiger partial charge in [-0.25, -0.2) is 13.8 Å². The number of carbonyl (C=O) groups is 1. The highest BCUT2D eigenvalue weighted by Crippen LogP contribution is 2.31. The van der Waals surface area contributed by atoms with Crippen molar-refractivity contribution in [1.29, 1.82) is 0 Å². The Hall–Kier alpha value is -3.24. The first-order chi connectivity index (χ1) is 15.3. The van der Waals surface area contributed by atoms with Crippen molar-refractivity contribution in [3.63, 3.8) is 0 Å². The van der Waals surface area contributed by atoms with Crippen LogP contribution in [0.5, 0.6) is 0 Å². The predicted molar refractivity (Wildman–Crippen MR) is 122 cm³/mol. The molecule has 32 heavy (non-hydrogen) atoms. The first kappa shape index (κ1) is 23.4. The second kappa shape index (κ2) is 10.4. The smallest absolute Gasteiger partial charge is 0.270 e. The van der Waals surface area contributed by atoms with Crippen molar-refractivity contribution < 1.29 is 18.5 Å². The van der Waals surface area contributed by atoms with Crippen molar-refractivity contribution in [2.45, 2.75) is 13.8 Å². The quantitative estimate of drug-likeness (QED) is 0.259. The topological polar surface area (TPSA) is 79.6 Å². The van der Waals surface area contributed by atoms with Crippen LogP contribution in [0.1, 0.15) is 19.4 Å². The summed E-state index contributed by atoms with van der Waals surface area (Å²) < 4.78 is 28.1. The molecule has 0 saturated carbocycles. The van der Waals surface area contributed by atoms with Gasteiger partial charge < -0.3 is 4.90 Å². The number of aromatic nitrogens is 1. The summed E-state index contributed by atoms with van der Waals surface area (Å²) in [7, 11) is 0. The molecule has 0 aliphatic rings. The summed E-state index contributed by atoms with van der Waals surface area (Å²) in [5.41, 5.74) is 0.421. The number of amides is 1. The van der Waals surface area contributed by atoms with Gasteiger partial charge in [-0.1, -0.05) is 37.3 Å². The number of anilines is 1. The molecule has 0 saturated heterocycles. The molecular weight excluding hydrogens is 438 g/mol. The number of halogens is 2. The minimum absolute atomic E-state index is 0.00898. The molecule has 0 unspecified atom stereocenters. The lowest BCUT2D eigenvalue weighted by Crippen LogP contribution is -2.38. The first-order valence-electron chi connectivity index (χ1n) is 10.0. The molecule has 0 radical (unpaired) electrons. The number of hydrogen-bond donors (Lipinski definition) is 0. The van der Waals surface area contributed by atoms with E-state index in [1.165, 1.54) is 41.3 Å². The van der Waals surface area contributed by atoms with Gasteiger partial charge in [-0.3, -0.25) is 19.8 Å². The maximum Gasteiger partial charge on any atom is 0.270 e. The normalized spacial score (nSPS) is 11.5. The Morgan fingerprint density at radius 1 is 1.19 bits per heavy atom. The third kappa shape index (κ3) is 5.51. The van der Waals surface area contributed by atoms with Crippen LogP contribution in [0.3, 0.4) is 0 Å². The van der Waals surface area contributed by atoms with Crippen molar-refractivity contribution >= 4 is 44.4 Å². The Bertz CT molecular complexity index is 1160. The van der Waals surface area contributed by atoms with Gasteiger partial charge in [-0.05, 0) is 30.8 Å². The highest BCUT2D eigenvalue weighted by Gasteiger charge is 2.20. The Kier molecular flexibility index (Phi) is 7.60. The molecule has 0 atom stereocenters. The molecular formula is C22H22F2N4O3S. The molecule has 1 aromatic heterocycles. The molecule has 7 nitrogen and oxygen atoms in total. The minimum atomic E-state index is -0.786. The summed E-state index contributed by atoms with van der Waals surface area (Å²) in [6.07, 6.45) is 2.78. The number of likely N-dealkylation sites (N-methyl/N-ethyl adjacent to an activating group) is 1. The predicted octanol–water partition coefficient (Wildman–Crippen LogP) is 4.87. The van der Waals surface area contributed by atoms with Crippen LogP contribution in [0.25, 0.3) is 16.3 Å². The number of non-ortho nitro benzene ring substituents is 1. The third-order valence-corrected chi connectivity index (χ3v) is 5.96. The second-order valence-electron chi connectivity index (χ2n) is 6.93. The molecule has 10 heteroatoms. The van der Waals surface area contributed by atoms with Crippen molar-refractivity contribution in [3.05, 3.63) is 69.8 Å². The van der Waals surface area contributed by atoms with Crippen LogP contribution in [0.4, 0.5) is 19.6 Å². The molecule has 3 rings (SSSR count). The van der Waals surface area contributed by atoms with E-state index in [2.05, 4.69) is 9.88 Å². The largest absolute Gasteiger partial charge is 0.302 e. The SMILES string of the molecule is CCN(CC)CCN(C(=O)C=Cc1cccc([N+](=O)[O-])c1)c1nc2c(F)cc(F)cc2s1. The fourth-order valence-corrected chi connectivity index (χ4v) is 4.18. The van der Waals surface area contributed by atoms with Gasteiger partial charge in [-0.15, -0.1) is 0 Å². The van der Waals surface area contributed by atoms with Crippen LogP contribution in [0.2, 0.25) is 0 Å². The van der Waals surface area contributed by atoms with E-state index in [-0.39, 0.29) is 16.3 Å². The molecule has 168 valence electrons. The summed E-state index contributed by atoms with van der Waals surface area (Å²) in [4.78, 5) is 31.3. The second-order valence-corrected chi connectivity index (χ2v) is 7.94. The summed E-state index contributed by atoms with van der Waals surface area (Å²) in [6.45, 7) is 6.46. The zero-order valence-electron chi connectivity index (χ0n) is 17.6. The Balaban J connectivity index is 1.91. The third-order valence-electron chi connectivity index (χ3n) is 4.93. The van der Waals surface area contributed by atoms with E-state index in [4.69, 9.17) is 0 Å². The van der Waals surface area contributed by atoms with E-state index < -0.39 is 22.5 Å². The van der Waals surface area contributed by atoms with Crippen LogP contribution >= 0.6 is 11.3 Å². The molecule has 0 fully saturated rings. The average molecular weight is 461 g/mol. The number of nitrogens with zero attached hydrogens (tertiary/aromatic N) is 4. The first-order valence-corrected chi connectivity index (χ1v) is 10.9. The molecule has 0 spiro atoms. The van der Waals surface area contributed by atoms with Gasteiger partial charge in [0, 0.05) is 37.4 Å². The zero-order valence-corrected chi connectivity index (χ0v) is 18.4. The van der Waals surface area contributed by atoms with Crippen molar-refractivity contribution in [2.75, 3.05) is 31.1 Å². The van der Waals surface area contributed by atoms with E-state index in [9.17, 15) is 23.7 Å². The van der Waals surface area contributed by atoms with E-state index >= 15 is 0 Å². The zero-order chi connectivity index (χ0) is 23.3. The van der Waals surface area contributed by atoms with Gasteiger partial charge in [0.15, 0.2) is 10.9 Å². The number of benzene rings is 2. The highest BCUT2D eigenvalue weighted by molar-refractivity contribution is 7.22. The number of carbonyl (C=O) groups excluding carboxylic acids is 1. The maximum absolute atomic E-state index is 14.1. The summed E-state index contributed by atoms with van der Waals surface area (Å²) >= 11 is 1.03. The van der Waals surface area contributed by atoms with Gasteiger partial charge in [0.05, 0.1) is 9.62 Å². The number of thiazole rings is 1. The van der Waals surface area contributed by atoms with E-state index in [0.29, 0.717) is 23.4 Å². The van der Waals surface area contributed by atoms with Crippen LogP contribution in [0, 0.1) is 21.7 Å². The molecule has 3 aromatic rings. The number of fused-ring (bicyclic) bond motifs is 1. The van der Waals surface area contributed by atoms with Gasteiger partial charge >= 0.3 is 0 Å². The highest BCUT2D eigenvalue weighted by atomic mass is 32.1. The van der Waals surface area contributed by atoms with Crippen molar-refractivity contribution in [2.24, 2.45) is 0 Å². The number of rotatable bonds is 9. The standard InChI is InChI=1S/C22H22F2N4O3S/c1-3-26(4-2)10-11-27(22-25-21-18(24)13-16(23)14-19(21)32-22)20(29)9-8-15-6-5-7-17(12-15)28(30)31/h5-9,12-14H,3-4,10-11H2,1-2H3. The lowest BCUT2D eigenvalue weighted by molar-refractivity contribution is -0.384. The van der Waals surface area contributed by atoms with E-state index in [1.54, 1.807) is 6.07 Å². The summed E-state index contributed by atoms with van der Waals surface area (Å²) in [6, 6.07) is 7.85. The lowest BCUT2D eigenvalue weighted by atomic mass is 10.2. The Labute approximate surface area is 187 Å². The average Bonchev–Trinajstić information content (AvgIpc) is 3.19. The maximum atomic E-state index is 14.1. The van der Waals surface area contributed by atoms with E-state index in [0.717, 1.165) is 30.5 Å². The molecule has 0 N–H and O–H groups in total. The number of nitro groups is 1. The van der Waals surface area contributed by atoms with Crippen LogP contribution < -0.4 is 4.90 Å².